The molecule has 0 radical (unpaired) electrons. The number of benzene rings is 1. The molecule has 0 bridgehead atoms. The smallest absolute Gasteiger partial charge is 0.175 e. The Morgan fingerprint density at radius 1 is 1.36 bits per heavy atom. The normalized spacial score (nSPS) is 14.1. The fourth-order valence-corrected chi connectivity index (χ4v) is 1.88. The van der Waals surface area contributed by atoms with E-state index in [2.05, 4.69) is 20.8 Å². The molecule has 5 heteroatoms. The van der Waals surface area contributed by atoms with Gasteiger partial charge in [0.05, 0.1) is 11.1 Å². The number of hydrogen-bond acceptors (Lipinski definition) is 4. The second-order valence-corrected chi connectivity index (χ2v) is 3.67. The highest BCUT2D eigenvalue weighted by molar-refractivity contribution is 9.10. The van der Waals surface area contributed by atoms with Gasteiger partial charge < -0.3 is 9.47 Å². The molecule has 0 aromatic heterocycles. The van der Waals surface area contributed by atoms with E-state index in [4.69, 9.17) is 15.4 Å². The van der Waals surface area contributed by atoms with E-state index >= 15 is 0 Å². The first-order valence-corrected chi connectivity index (χ1v) is 5.01. The van der Waals surface area contributed by atoms with Gasteiger partial charge in [-0.05, 0) is 27.6 Å². The molecule has 2 N–H and O–H groups in total. The maximum Gasteiger partial charge on any atom is 0.175 e. The van der Waals surface area contributed by atoms with E-state index in [1.807, 2.05) is 12.1 Å². The molecule has 0 amide bonds. The minimum absolute atomic E-state index is 0.344. The minimum atomic E-state index is 0.344. The van der Waals surface area contributed by atoms with Crippen LogP contribution in [0.25, 0.3) is 0 Å². The zero-order valence-electron chi connectivity index (χ0n) is 7.46. The molecular weight excluding hydrogens is 250 g/mol. The molecule has 1 heterocycles. The Kier molecular flexibility index (Phi) is 2.90. The Labute approximate surface area is 90.0 Å². The molecule has 4 nitrogen and oxygen atoms in total. The molecule has 0 spiro atoms. The van der Waals surface area contributed by atoms with Crippen molar-refractivity contribution in [2.24, 2.45) is 5.90 Å². The predicted octanol–water partition coefficient (Wildman–Crippen LogP) is 1.61. The van der Waals surface area contributed by atoms with E-state index in [0.29, 0.717) is 19.8 Å². The summed E-state index contributed by atoms with van der Waals surface area (Å²) >= 11 is 3.43. The summed E-state index contributed by atoms with van der Waals surface area (Å²) < 4.78 is 11.7. The van der Waals surface area contributed by atoms with Crippen LogP contribution in [0.15, 0.2) is 16.6 Å². The first-order chi connectivity index (χ1) is 6.83. The summed E-state index contributed by atoms with van der Waals surface area (Å²) in [6.07, 6.45) is 0. The molecule has 76 valence electrons. The molecule has 1 aromatic carbocycles. The fraction of sp³-hybridized carbons (Fsp3) is 0.333. The van der Waals surface area contributed by atoms with Crippen molar-refractivity contribution in [3.8, 4) is 11.5 Å². The Morgan fingerprint density at radius 2 is 2.14 bits per heavy atom. The van der Waals surface area contributed by atoms with Crippen LogP contribution in [0.2, 0.25) is 0 Å². The molecule has 0 aliphatic carbocycles. The summed E-state index contributed by atoms with van der Waals surface area (Å²) in [4.78, 5) is 4.57. The van der Waals surface area contributed by atoms with Crippen LogP contribution in [0.4, 0.5) is 0 Å². The Hall–Kier alpha value is -0.780. The van der Waals surface area contributed by atoms with E-state index in [9.17, 15) is 0 Å². The first kappa shape index (κ1) is 9.76. The Morgan fingerprint density at radius 3 is 2.93 bits per heavy atom. The Balaban J connectivity index is 2.38. The lowest BCUT2D eigenvalue weighted by molar-refractivity contribution is 0.122. The van der Waals surface area contributed by atoms with E-state index in [-0.39, 0.29) is 0 Å². The summed E-state index contributed by atoms with van der Waals surface area (Å²) in [7, 11) is 0. The van der Waals surface area contributed by atoms with E-state index < -0.39 is 0 Å². The largest absolute Gasteiger partial charge is 0.486 e. The lowest BCUT2D eigenvalue weighted by atomic mass is 10.2. The minimum Gasteiger partial charge on any atom is -0.486 e. The van der Waals surface area contributed by atoms with Gasteiger partial charge >= 0.3 is 0 Å². The number of rotatable bonds is 2. The lowest BCUT2D eigenvalue weighted by Gasteiger charge is -2.20. The zero-order chi connectivity index (χ0) is 9.97. The maximum atomic E-state index is 5.47. The van der Waals surface area contributed by atoms with Crippen molar-refractivity contribution in [1.29, 1.82) is 0 Å². The zero-order valence-corrected chi connectivity index (χ0v) is 9.04. The second kappa shape index (κ2) is 4.16. The standard InChI is InChI=1S/C9H10BrNO3/c10-8-6(5-14-11)1-2-7-9(8)13-4-3-12-7/h1-2H,3-5,11H2. The van der Waals surface area contributed by atoms with Crippen molar-refractivity contribution in [3.63, 3.8) is 0 Å². The molecule has 1 aliphatic rings. The monoisotopic (exact) mass is 259 g/mol. The van der Waals surface area contributed by atoms with Crippen LogP contribution in [0, 0.1) is 0 Å². The molecule has 14 heavy (non-hydrogen) atoms. The van der Waals surface area contributed by atoms with Crippen molar-refractivity contribution in [3.05, 3.63) is 22.2 Å². The van der Waals surface area contributed by atoms with Gasteiger partial charge in [-0.2, -0.15) is 0 Å². The number of nitrogens with two attached hydrogens (primary N) is 1. The SMILES string of the molecule is NOCc1ccc2c(c1Br)OCCO2. The van der Waals surface area contributed by atoms with Crippen molar-refractivity contribution in [1.82, 2.24) is 0 Å². The average molecular weight is 260 g/mol. The Bertz CT molecular complexity index is 343. The third kappa shape index (κ3) is 1.70. The molecule has 0 saturated carbocycles. The van der Waals surface area contributed by atoms with E-state index in [1.165, 1.54) is 0 Å². The molecule has 0 saturated heterocycles. The fourth-order valence-electron chi connectivity index (χ4n) is 1.32. The molecule has 1 aliphatic heterocycles. The van der Waals surface area contributed by atoms with E-state index in [1.54, 1.807) is 0 Å². The number of hydrogen-bond donors (Lipinski definition) is 1. The summed E-state index contributed by atoms with van der Waals surface area (Å²) in [5.41, 5.74) is 0.941. The van der Waals surface area contributed by atoms with Crippen LogP contribution in [-0.2, 0) is 11.4 Å². The quantitative estimate of drug-likeness (QED) is 0.821. The second-order valence-electron chi connectivity index (χ2n) is 2.87. The topological polar surface area (TPSA) is 53.7 Å². The molecule has 0 unspecified atom stereocenters. The van der Waals surface area contributed by atoms with Crippen molar-refractivity contribution in [2.75, 3.05) is 13.2 Å². The molecular formula is C9H10BrNO3. The number of ether oxygens (including phenoxy) is 2. The van der Waals surface area contributed by atoms with Crippen LogP contribution in [-0.4, -0.2) is 13.2 Å². The van der Waals surface area contributed by atoms with Gasteiger partial charge in [0.25, 0.3) is 0 Å². The van der Waals surface area contributed by atoms with Crippen LogP contribution >= 0.6 is 15.9 Å². The van der Waals surface area contributed by atoms with Crippen molar-refractivity contribution >= 4 is 15.9 Å². The van der Waals surface area contributed by atoms with Gasteiger partial charge in [0, 0.05) is 0 Å². The average Bonchev–Trinajstić information content (AvgIpc) is 2.23. The maximum absolute atomic E-state index is 5.47. The van der Waals surface area contributed by atoms with Gasteiger partial charge in [0.1, 0.15) is 13.2 Å². The van der Waals surface area contributed by atoms with E-state index in [0.717, 1.165) is 21.5 Å². The molecule has 2 rings (SSSR count). The predicted molar refractivity (Wildman–Crippen MR) is 54.1 cm³/mol. The van der Waals surface area contributed by atoms with Gasteiger partial charge in [-0.15, -0.1) is 0 Å². The summed E-state index contributed by atoms with van der Waals surface area (Å²) in [5.74, 6) is 6.49. The molecule has 1 aromatic rings. The van der Waals surface area contributed by atoms with Gasteiger partial charge in [-0.1, -0.05) is 6.07 Å². The highest BCUT2D eigenvalue weighted by Crippen LogP contribution is 2.39. The third-order valence-corrected chi connectivity index (χ3v) is 2.84. The highest BCUT2D eigenvalue weighted by Gasteiger charge is 2.17. The van der Waals surface area contributed by atoms with Crippen LogP contribution in [0.3, 0.4) is 0 Å². The van der Waals surface area contributed by atoms with Crippen LogP contribution in [0.5, 0.6) is 11.5 Å². The van der Waals surface area contributed by atoms with Gasteiger partial charge in [-0.25, -0.2) is 5.90 Å². The van der Waals surface area contributed by atoms with Crippen molar-refractivity contribution in [2.45, 2.75) is 6.61 Å². The lowest BCUT2D eigenvalue weighted by Crippen LogP contribution is -2.16. The summed E-state index contributed by atoms with van der Waals surface area (Å²) in [5, 5.41) is 0. The molecule has 0 fully saturated rings. The third-order valence-electron chi connectivity index (χ3n) is 1.97. The molecule has 0 atom stereocenters. The van der Waals surface area contributed by atoms with Gasteiger partial charge in [0.2, 0.25) is 0 Å². The van der Waals surface area contributed by atoms with Gasteiger partial charge in [-0.3, -0.25) is 4.84 Å². The first-order valence-electron chi connectivity index (χ1n) is 4.21. The van der Waals surface area contributed by atoms with Gasteiger partial charge in [0.15, 0.2) is 11.5 Å². The summed E-state index contributed by atoms with van der Waals surface area (Å²) in [6.45, 7) is 1.50. The number of halogens is 1. The summed E-state index contributed by atoms with van der Waals surface area (Å²) in [6, 6.07) is 3.75. The highest BCUT2D eigenvalue weighted by atomic mass is 79.9. The van der Waals surface area contributed by atoms with Crippen LogP contribution < -0.4 is 15.4 Å². The van der Waals surface area contributed by atoms with Crippen LogP contribution in [0.1, 0.15) is 5.56 Å². The van der Waals surface area contributed by atoms with Crippen molar-refractivity contribution < 1.29 is 14.3 Å². The number of fused-ring (bicyclic) bond motifs is 1.